The molecule has 0 aliphatic rings. The van der Waals surface area contributed by atoms with Gasteiger partial charge in [0.15, 0.2) is 0 Å². The summed E-state index contributed by atoms with van der Waals surface area (Å²) in [6.07, 6.45) is 8.60. The van der Waals surface area contributed by atoms with Crippen molar-refractivity contribution in [2.75, 3.05) is 6.61 Å². The molecule has 0 radical (unpaired) electrons. The number of thiocyanates is 1. The fraction of sp³-hybridized carbons (Fsp3) is 0.300. The molecular formula is C30H31NO5S. The van der Waals surface area contributed by atoms with Gasteiger partial charge in [0, 0.05) is 4.90 Å². The molecule has 0 saturated heterocycles. The van der Waals surface area contributed by atoms with Gasteiger partial charge in [-0.2, -0.15) is 5.26 Å². The molecule has 0 heterocycles. The second-order valence-electron chi connectivity index (χ2n) is 8.46. The number of ether oxygens (including phenoxy) is 3. The summed E-state index contributed by atoms with van der Waals surface area (Å²) in [7, 11) is 0. The Bertz CT molecular complexity index is 1170. The van der Waals surface area contributed by atoms with Gasteiger partial charge in [-0.1, -0.05) is 45.4 Å². The normalized spacial score (nSPS) is 10.4. The van der Waals surface area contributed by atoms with E-state index in [2.05, 4.69) is 6.92 Å². The number of hydrogen-bond acceptors (Lipinski definition) is 7. The molecule has 0 bridgehead atoms. The molecule has 0 amide bonds. The van der Waals surface area contributed by atoms with Crippen LogP contribution in [-0.4, -0.2) is 18.5 Å². The Hall–Kier alpha value is -3.76. The first-order valence-electron chi connectivity index (χ1n) is 12.5. The third-order valence-corrected chi connectivity index (χ3v) is 6.20. The molecule has 3 aromatic rings. The molecule has 0 aliphatic carbocycles. The highest BCUT2D eigenvalue weighted by Gasteiger charge is 2.12. The minimum atomic E-state index is -0.536. The van der Waals surface area contributed by atoms with Gasteiger partial charge in [-0.25, -0.2) is 9.59 Å². The van der Waals surface area contributed by atoms with Crippen molar-refractivity contribution in [2.24, 2.45) is 0 Å². The van der Waals surface area contributed by atoms with Gasteiger partial charge < -0.3 is 14.2 Å². The Kier molecular flexibility index (Phi) is 11.6. The van der Waals surface area contributed by atoms with Crippen LogP contribution in [0.1, 0.15) is 72.6 Å². The molecule has 0 saturated carbocycles. The van der Waals surface area contributed by atoms with Crippen LogP contribution in [0.3, 0.4) is 0 Å². The van der Waals surface area contributed by atoms with Crippen molar-refractivity contribution in [1.29, 1.82) is 5.26 Å². The number of nitriles is 1. The van der Waals surface area contributed by atoms with Gasteiger partial charge in [-0.3, -0.25) is 0 Å². The maximum Gasteiger partial charge on any atom is 0.343 e. The van der Waals surface area contributed by atoms with Crippen LogP contribution >= 0.6 is 11.8 Å². The molecular weight excluding hydrogens is 486 g/mol. The van der Waals surface area contributed by atoms with Gasteiger partial charge in [0.2, 0.25) is 0 Å². The summed E-state index contributed by atoms with van der Waals surface area (Å²) in [5.41, 5.74) is 0.725. The van der Waals surface area contributed by atoms with Crippen LogP contribution in [0.5, 0.6) is 17.2 Å². The number of thioether (sulfide) groups is 1. The number of carbonyl (C=O) groups excluding carboxylic acids is 2. The summed E-state index contributed by atoms with van der Waals surface area (Å²) in [5.74, 6) is 0.384. The first kappa shape index (κ1) is 27.8. The van der Waals surface area contributed by atoms with Gasteiger partial charge in [0.1, 0.15) is 22.6 Å². The number of hydrogen-bond donors (Lipinski definition) is 0. The maximum absolute atomic E-state index is 12.5. The van der Waals surface area contributed by atoms with E-state index in [9.17, 15) is 9.59 Å². The van der Waals surface area contributed by atoms with Crippen LogP contribution in [0.4, 0.5) is 0 Å². The van der Waals surface area contributed by atoms with Crippen molar-refractivity contribution < 1.29 is 23.8 Å². The summed E-state index contributed by atoms with van der Waals surface area (Å²) in [5, 5.41) is 10.7. The SMILES string of the molecule is CCCCCCCCCOc1ccc(C(=O)Oc2ccc(C(=O)Oc3ccc(SC#N)cc3)cc2)cc1. The molecule has 0 fully saturated rings. The minimum Gasteiger partial charge on any atom is -0.494 e. The van der Waals surface area contributed by atoms with E-state index in [0.29, 0.717) is 29.2 Å². The number of nitrogens with zero attached hydrogens (tertiary/aromatic N) is 1. The van der Waals surface area contributed by atoms with Crippen LogP contribution in [-0.2, 0) is 0 Å². The predicted octanol–water partition coefficient (Wildman–Crippen LogP) is 7.83. The van der Waals surface area contributed by atoms with Crippen LogP contribution in [0.2, 0.25) is 0 Å². The van der Waals surface area contributed by atoms with Crippen LogP contribution in [0.15, 0.2) is 77.7 Å². The van der Waals surface area contributed by atoms with Crippen molar-refractivity contribution >= 4 is 23.7 Å². The molecule has 3 rings (SSSR count). The second-order valence-corrected chi connectivity index (χ2v) is 9.32. The van der Waals surface area contributed by atoms with Crippen molar-refractivity contribution in [1.82, 2.24) is 0 Å². The van der Waals surface area contributed by atoms with E-state index in [0.717, 1.165) is 28.8 Å². The Morgan fingerprint density at radius 1 is 0.676 bits per heavy atom. The predicted molar refractivity (Wildman–Crippen MR) is 144 cm³/mol. The lowest BCUT2D eigenvalue weighted by Gasteiger charge is -2.08. The average Bonchev–Trinajstić information content (AvgIpc) is 2.92. The largest absolute Gasteiger partial charge is 0.494 e. The molecule has 0 unspecified atom stereocenters. The zero-order chi connectivity index (χ0) is 26.3. The topological polar surface area (TPSA) is 85.6 Å². The van der Waals surface area contributed by atoms with E-state index in [1.807, 2.05) is 5.40 Å². The zero-order valence-corrected chi connectivity index (χ0v) is 21.8. The molecule has 6 nitrogen and oxygen atoms in total. The fourth-order valence-corrected chi connectivity index (χ4v) is 3.93. The van der Waals surface area contributed by atoms with Crippen molar-refractivity contribution in [3.63, 3.8) is 0 Å². The Balaban J connectivity index is 1.42. The quantitative estimate of drug-likeness (QED) is 0.0708. The van der Waals surface area contributed by atoms with Crippen LogP contribution in [0, 0.1) is 10.7 Å². The molecule has 192 valence electrons. The molecule has 0 aliphatic heterocycles. The molecule has 0 spiro atoms. The summed E-state index contributed by atoms with van der Waals surface area (Å²) in [6.45, 7) is 2.89. The third-order valence-electron chi connectivity index (χ3n) is 5.60. The molecule has 37 heavy (non-hydrogen) atoms. The van der Waals surface area contributed by atoms with Crippen molar-refractivity contribution in [3.05, 3.63) is 83.9 Å². The molecule has 7 heteroatoms. The smallest absolute Gasteiger partial charge is 0.343 e. The number of unbranched alkanes of at least 4 members (excludes halogenated alkanes) is 6. The van der Waals surface area contributed by atoms with Crippen LogP contribution < -0.4 is 14.2 Å². The fourth-order valence-electron chi connectivity index (χ4n) is 3.56. The monoisotopic (exact) mass is 517 g/mol. The Labute approximate surface area is 222 Å². The standard InChI is InChI=1S/C30H31NO5S/c1-2-3-4-5-6-7-8-21-34-25-13-9-23(10-14-25)29(32)35-26-15-11-24(12-16-26)30(33)36-27-17-19-28(20-18-27)37-22-31/h9-20H,2-8,21H2,1H3. The zero-order valence-electron chi connectivity index (χ0n) is 21.0. The highest BCUT2D eigenvalue weighted by atomic mass is 32.2. The third kappa shape index (κ3) is 9.66. The minimum absolute atomic E-state index is 0.317. The molecule has 0 aromatic heterocycles. The summed E-state index contributed by atoms with van der Waals surface area (Å²) >= 11 is 1.03. The lowest BCUT2D eigenvalue weighted by atomic mass is 10.1. The first-order chi connectivity index (χ1) is 18.1. The van der Waals surface area contributed by atoms with Gasteiger partial charge in [0.25, 0.3) is 0 Å². The van der Waals surface area contributed by atoms with Crippen LogP contribution in [0.25, 0.3) is 0 Å². The van der Waals surface area contributed by atoms with Gasteiger partial charge >= 0.3 is 11.9 Å². The summed E-state index contributed by atoms with van der Waals surface area (Å²) < 4.78 is 16.5. The Morgan fingerprint density at radius 2 is 1.14 bits per heavy atom. The van der Waals surface area contributed by atoms with Gasteiger partial charge in [-0.15, -0.1) is 0 Å². The van der Waals surface area contributed by atoms with Crippen molar-refractivity contribution in [3.8, 4) is 22.6 Å². The van der Waals surface area contributed by atoms with Gasteiger partial charge in [0.05, 0.1) is 17.7 Å². The van der Waals surface area contributed by atoms with E-state index in [4.69, 9.17) is 19.5 Å². The van der Waals surface area contributed by atoms with Gasteiger partial charge in [-0.05, 0) is 91.0 Å². The van der Waals surface area contributed by atoms with Crippen molar-refractivity contribution in [2.45, 2.75) is 56.8 Å². The lowest BCUT2D eigenvalue weighted by Crippen LogP contribution is -2.10. The molecule has 3 aromatic carbocycles. The highest BCUT2D eigenvalue weighted by molar-refractivity contribution is 8.03. The number of rotatable bonds is 14. The number of carbonyl (C=O) groups is 2. The highest BCUT2D eigenvalue weighted by Crippen LogP contribution is 2.22. The number of benzene rings is 3. The number of esters is 2. The van der Waals surface area contributed by atoms with E-state index in [1.54, 1.807) is 60.7 Å². The van der Waals surface area contributed by atoms with E-state index < -0.39 is 11.9 Å². The summed E-state index contributed by atoms with van der Waals surface area (Å²) in [4.78, 5) is 25.6. The summed E-state index contributed by atoms with van der Waals surface area (Å²) in [6, 6.07) is 19.7. The second kappa shape index (κ2) is 15.4. The maximum atomic E-state index is 12.5. The Morgan fingerprint density at radius 3 is 1.65 bits per heavy atom. The lowest BCUT2D eigenvalue weighted by molar-refractivity contribution is 0.0730. The molecule has 0 atom stereocenters. The van der Waals surface area contributed by atoms with E-state index in [1.165, 1.54) is 50.7 Å². The average molecular weight is 518 g/mol. The van der Waals surface area contributed by atoms with E-state index in [-0.39, 0.29) is 0 Å². The molecule has 0 N–H and O–H groups in total. The first-order valence-corrected chi connectivity index (χ1v) is 13.3. The van der Waals surface area contributed by atoms with E-state index >= 15 is 0 Å².